The fourth-order valence-corrected chi connectivity index (χ4v) is 9.59. The number of alkyl halides is 1. The Morgan fingerprint density at radius 2 is 2.06 bits per heavy atom. The van der Waals surface area contributed by atoms with E-state index in [2.05, 4.69) is 4.90 Å². The van der Waals surface area contributed by atoms with Crippen LogP contribution in [0.15, 0.2) is 48.1 Å². The SMILES string of the molecule is CC12C=CC(=O)C=C1C(F)CC1C2C(O)CC2(C)C1CC1CN(Cc3cccc(Cl)c3)CC12C(=O)O. The second-order valence-corrected chi connectivity index (χ2v) is 12.8. The van der Waals surface area contributed by atoms with Gasteiger partial charge in [-0.05, 0) is 77.9 Å². The number of nitrogens with zero attached hydrogens (tertiary/aromatic N) is 1. The van der Waals surface area contributed by atoms with E-state index < -0.39 is 34.5 Å². The Balaban J connectivity index is 1.35. The molecular formula is C29H33ClFNO4. The molecule has 9 unspecified atom stereocenters. The number of carboxylic acid groups (broad SMARTS) is 1. The lowest BCUT2D eigenvalue weighted by Gasteiger charge is -2.60. The molecule has 1 aromatic rings. The average Bonchev–Trinajstić information content (AvgIpc) is 3.27. The third kappa shape index (κ3) is 3.13. The Morgan fingerprint density at radius 3 is 2.78 bits per heavy atom. The molecule has 1 aliphatic heterocycles. The smallest absolute Gasteiger partial charge is 0.311 e. The molecule has 3 saturated carbocycles. The predicted molar refractivity (Wildman–Crippen MR) is 134 cm³/mol. The molecule has 36 heavy (non-hydrogen) atoms. The first-order chi connectivity index (χ1) is 17.0. The number of aliphatic hydroxyl groups is 1. The van der Waals surface area contributed by atoms with Crippen LogP contribution in [0.25, 0.3) is 0 Å². The third-order valence-corrected chi connectivity index (χ3v) is 11.0. The van der Waals surface area contributed by atoms with Crippen molar-refractivity contribution in [3.63, 3.8) is 0 Å². The lowest BCUT2D eigenvalue weighted by Crippen LogP contribution is -2.61. The van der Waals surface area contributed by atoms with Gasteiger partial charge < -0.3 is 10.2 Å². The van der Waals surface area contributed by atoms with Crippen LogP contribution in [0.2, 0.25) is 5.02 Å². The Bertz CT molecular complexity index is 1200. The molecule has 1 heterocycles. The number of rotatable bonds is 3. The van der Waals surface area contributed by atoms with E-state index >= 15 is 4.39 Å². The molecule has 9 atom stereocenters. The quantitative estimate of drug-likeness (QED) is 0.613. The number of hydrogen-bond donors (Lipinski definition) is 2. The zero-order valence-corrected chi connectivity index (χ0v) is 21.4. The first kappa shape index (κ1) is 24.3. The predicted octanol–water partition coefficient (Wildman–Crippen LogP) is 4.68. The van der Waals surface area contributed by atoms with Gasteiger partial charge in [-0.1, -0.05) is 43.7 Å². The van der Waals surface area contributed by atoms with E-state index in [0.29, 0.717) is 43.1 Å². The van der Waals surface area contributed by atoms with Gasteiger partial charge in [-0.15, -0.1) is 0 Å². The molecule has 4 fully saturated rings. The summed E-state index contributed by atoms with van der Waals surface area (Å²) >= 11 is 6.18. The number of likely N-dealkylation sites (tertiary alicyclic amines) is 1. The molecule has 5 aliphatic rings. The highest BCUT2D eigenvalue weighted by Crippen LogP contribution is 2.72. The molecule has 5 nitrogen and oxygen atoms in total. The van der Waals surface area contributed by atoms with E-state index in [1.165, 1.54) is 12.2 Å². The van der Waals surface area contributed by atoms with E-state index in [1.807, 2.05) is 38.1 Å². The summed E-state index contributed by atoms with van der Waals surface area (Å²) in [6.45, 7) is 5.67. The summed E-state index contributed by atoms with van der Waals surface area (Å²) in [4.78, 5) is 27.4. The van der Waals surface area contributed by atoms with Gasteiger partial charge >= 0.3 is 5.97 Å². The number of aliphatic carboxylic acids is 1. The van der Waals surface area contributed by atoms with Crippen LogP contribution in [-0.4, -0.2) is 52.2 Å². The summed E-state index contributed by atoms with van der Waals surface area (Å²) in [6, 6.07) is 7.66. The van der Waals surface area contributed by atoms with E-state index in [-0.39, 0.29) is 35.9 Å². The zero-order chi connectivity index (χ0) is 25.6. The van der Waals surface area contributed by atoms with Crippen molar-refractivity contribution in [3.05, 3.63) is 58.7 Å². The molecule has 0 amide bonds. The first-order valence-electron chi connectivity index (χ1n) is 13.0. The van der Waals surface area contributed by atoms with Crippen LogP contribution in [-0.2, 0) is 16.1 Å². The normalized spacial score (nSPS) is 45.5. The fourth-order valence-electron chi connectivity index (χ4n) is 9.37. The number of halogens is 2. The summed E-state index contributed by atoms with van der Waals surface area (Å²) in [5.74, 6) is -1.45. The number of carbonyl (C=O) groups excluding carboxylic acids is 1. The monoisotopic (exact) mass is 513 g/mol. The lowest BCUT2D eigenvalue weighted by atomic mass is 9.44. The molecule has 0 aromatic heterocycles. The number of carboxylic acids is 1. The molecule has 7 heteroatoms. The van der Waals surface area contributed by atoms with Crippen LogP contribution in [0.5, 0.6) is 0 Å². The molecule has 4 aliphatic carbocycles. The topological polar surface area (TPSA) is 77.8 Å². The summed E-state index contributed by atoms with van der Waals surface area (Å²) in [6.07, 6.45) is 3.98. The molecule has 6 rings (SSSR count). The highest BCUT2D eigenvalue weighted by Gasteiger charge is 2.74. The summed E-state index contributed by atoms with van der Waals surface area (Å²) in [5, 5.41) is 23.0. The molecule has 1 aromatic carbocycles. The van der Waals surface area contributed by atoms with Gasteiger partial charge in [0, 0.05) is 36.0 Å². The minimum atomic E-state index is -1.26. The van der Waals surface area contributed by atoms with Crippen molar-refractivity contribution in [2.75, 3.05) is 13.1 Å². The van der Waals surface area contributed by atoms with Gasteiger partial charge in [-0.3, -0.25) is 14.5 Å². The van der Waals surface area contributed by atoms with Gasteiger partial charge in [-0.25, -0.2) is 4.39 Å². The van der Waals surface area contributed by atoms with Crippen molar-refractivity contribution in [2.24, 2.45) is 39.9 Å². The largest absolute Gasteiger partial charge is 0.481 e. The second kappa shape index (κ2) is 7.99. The van der Waals surface area contributed by atoms with Crippen molar-refractivity contribution in [1.29, 1.82) is 0 Å². The van der Waals surface area contributed by atoms with Gasteiger partial charge in [-0.2, -0.15) is 0 Å². The highest BCUT2D eigenvalue weighted by molar-refractivity contribution is 6.30. The number of allylic oxidation sites excluding steroid dienone is 4. The van der Waals surface area contributed by atoms with Gasteiger partial charge in [0.2, 0.25) is 0 Å². The van der Waals surface area contributed by atoms with Crippen LogP contribution >= 0.6 is 11.6 Å². The molecule has 192 valence electrons. The van der Waals surface area contributed by atoms with Crippen molar-refractivity contribution >= 4 is 23.4 Å². The maximum absolute atomic E-state index is 15.6. The average molecular weight is 514 g/mol. The number of aliphatic hydroxyl groups excluding tert-OH is 1. The van der Waals surface area contributed by atoms with Crippen LogP contribution in [0.4, 0.5) is 4.39 Å². The van der Waals surface area contributed by atoms with E-state index in [0.717, 1.165) is 5.56 Å². The number of carbonyl (C=O) groups is 2. The van der Waals surface area contributed by atoms with Gasteiger partial charge in [0.25, 0.3) is 0 Å². The fraction of sp³-hybridized carbons (Fsp3) is 0.586. The van der Waals surface area contributed by atoms with Crippen molar-refractivity contribution < 1.29 is 24.2 Å². The van der Waals surface area contributed by atoms with Crippen LogP contribution < -0.4 is 0 Å². The number of hydrogen-bond acceptors (Lipinski definition) is 4. The van der Waals surface area contributed by atoms with E-state index in [9.17, 15) is 19.8 Å². The van der Waals surface area contributed by atoms with Gasteiger partial charge in [0.05, 0.1) is 11.5 Å². The summed E-state index contributed by atoms with van der Waals surface area (Å²) < 4.78 is 15.6. The summed E-state index contributed by atoms with van der Waals surface area (Å²) in [7, 11) is 0. The molecule has 0 radical (unpaired) electrons. The van der Waals surface area contributed by atoms with Crippen molar-refractivity contribution in [1.82, 2.24) is 4.90 Å². The summed E-state index contributed by atoms with van der Waals surface area (Å²) in [5.41, 5.74) is -0.865. The number of benzene rings is 1. The van der Waals surface area contributed by atoms with E-state index in [1.54, 1.807) is 6.08 Å². The molecule has 0 spiro atoms. The minimum Gasteiger partial charge on any atom is -0.481 e. The van der Waals surface area contributed by atoms with Gasteiger partial charge in [0.1, 0.15) is 6.17 Å². The van der Waals surface area contributed by atoms with Crippen LogP contribution in [0, 0.1) is 39.9 Å². The minimum absolute atomic E-state index is 0.00275. The van der Waals surface area contributed by atoms with Crippen molar-refractivity contribution in [3.8, 4) is 0 Å². The molecule has 2 N–H and O–H groups in total. The van der Waals surface area contributed by atoms with Crippen LogP contribution in [0.3, 0.4) is 0 Å². The standard InChI is InChI=1S/C29H33ClFNO4/c1-27-7-6-19(33)10-22(27)23(31)11-20-21-9-17-14-32(13-16-4-3-5-18(30)8-16)15-29(17,26(35)36)28(21,2)12-24(34)25(20)27/h3-8,10,17,20-21,23-25,34H,9,11-15H2,1-2H3,(H,35,36). The van der Waals surface area contributed by atoms with Crippen molar-refractivity contribution in [2.45, 2.75) is 51.9 Å². The molecular weight excluding hydrogens is 481 g/mol. The van der Waals surface area contributed by atoms with Crippen LogP contribution in [0.1, 0.15) is 38.7 Å². The highest BCUT2D eigenvalue weighted by atomic mass is 35.5. The Labute approximate surface area is 216 Å². The Hall–Kier alpha value is -2.02. The molecule has 1 saturated heterocycles. The van der Waals surface area contributed by atoms with Gasteiger partial charge in [0.15, 0.2) is 5.78 Å². The first-order valence-corrected chi connectivity index (χ1v) is 13.3. The third-order valence-electron chi connectivity index (χ3n) is 10.7. The Morgan fingerprint density at radius 1 is 1.28 bits per heavy atom. The number of fused-ring (bicyclic) bond motifs is 7. The van der Waals surface area contributed by atoms with E-state index in [4.69, 9.17) is 11.6 Å². The second-order valence-electron chi connectivity index (χ2n) is 12.3. The maximum atomic E-state index is 15.6. The zero-order valence-electron chi connectivity index (χ0n) is 20.7. The maximum Gasteiger partial charge on any atom is 0.311 e. The number of ketones is 1. The lowest BCUT2D eigenvalue weighted by molar-refractivity contribution is -0.175. The Kier molecular flexibility index (Phi) is 5.40. The molecule has 0 bridgehead atoms.